The summed E-state index contributed by atoms with van der Waals surface area (Å²) < 4.78 is 10.5. The van der Waals surface area contributed by atoms with Crippen LogP contribution >= 0.6 is 11.3 Å². The lowest BCUT2D eigenvalue weighted by Gasteiger charge is -2.34. The third-order valence-corrected chi connectivity index (χ3v) is 5.02. The van der Waals surface area contributed by atoms with Gasteiger partial charge in [0.25, 0.3) is 5.91 Å². The van der Waals surface area contributed by atoms with Crippen LogP contribution in [0.25, 0.3) is 0 Å². The number of thiazole rings is 1. The second-order valence-electron chi connectivity index (χ2n) is 5.63. The predicted molar refractivity (Wildman–Crippen MR) is 94.5 cm³/mol. The fourth-order valence-corrected chi connectivity index (χ4v) is 3.51. The molecule has 3 rings (SSSR count). The van der Waals surface area contributed by atoms with Crippen LogP contribution in [0.5, 0.6) is 11.5 Å². The molecule has 1 aromatic carbocycles. The van der Waals surface area contributed by atoms with Crippen molar-refractivity contribution in [3.63, 3.8) is 0 Å². The van der Waals surface area contributed by atoms with E-state index in [0.717, 1.165) is 18.2 Å². The Morgan fingerprint density at radius 1 is 1.08 bits per heavy atom. The first kappa shape index (κ1) is 16.6. The van der Waals surface area contributed by atoms with E-state index in [-0.39, 0.29) is 5.91 Å². The van der Waals surface area contributed by atoms with E-state index in [9.17, 15) is 4.79 Å². The number of carbonyl (C=O) groups excluding carboxylic acids is 1. The molecular weight excluding hydrogens is 326 g/mol. The second kappa shape index (κ2) is 7.09. The van der Waals surface area contributed by atoms with Crippen LogP contribution in [0.3, 0.4) is 0 Å². The predicted octanol–water partition coefficient (Wildman–Crippen LogP) is 2.43. The molecule has 1 saturated heterocycles. The Balaban J connectivity index is 1.69. The van der Waals surface area contributed by atoms with E-state index in [4.69, 9.17) is 9.47 Å². The van der Waals surface area contributed by atoms with Gasteiger partial charge in [0.2, 0.25) is 0 Å². The molecule has 0 aliphatic carbocycles. The van der Waals surface area contributed by atoms with E-state index in [1.165, 1.54) is 4.88 Å². The SMILES string of the molecule is COc1cc(OC)cc(C(=O)N2CCN(c3ncc(C)s3)CC2)c1. The van der Waals surface area contributed by atoms with E-state index in [1.54, 1.807) is 43.8 Å². The molecule has 128 valence electrons. The van der Waals surface area contributed by atoms with Crippen LogP contribution in [0.2, 0.25) is 0 Å². The van der Waals surface area contributed by atoms with E-state index < -0.39 is 0 Å². The minimum Gasteiger partial charge on any atom is -0.497 e. The van der Waals surface area contributed by atoms with Crippen molar-refractivity contribution in [2.75, 3.05) is 45.3 Å². The molecule has 7 heteroatoms. The van der Waals surface area contributed by atoms with Gasteiger partial charge in [-0.25, -0.2) is 4.98 Å². The van der Waals surface area contributed by atoms with Crippen LogP contribution in [0.15, 0.2) is 24.4 Å². The number of hydrogen-bond acceptors (Lipinski definition) is 6. The molecule has 1 fully saturated rings. The van der Waals surface area contributed by atoms with Gasteiger partial charge in [0, 0.05) is 48.9 Å². The third-order valence-electron chi connectivity index (χ3n) is 4.04. The summed E-state index contributed by atoms with van der Waals surface area (Å²) in [5.74, 6) is 1.24. The number of rotatable bonds is 4. The molecule has 0 unspecified atom stereocenters. The van der Waals surface area contributed by atoms with E-state index >= 15 is 0 Å². The van der Waals surface area contributed by atoms with Gasteiger partial charge < -0.3 is 19.3 Å². The van der Waals surface area contributed by atoms with Crippen molar-refractivity contribution in [2.45, 2.75) is 6.92 Å². The number of amides is 1. The topological polar surface area (TPSA) is 54.9 Å². The van der Waals surface area contributed by atoms with Crippen LogP contribution in [0, 0.1) is 6.92 Å². The van der Waals surface area contributed by atoms with Crippen molar-refractivity contribution < 1.29 is 14.3 Å². The molecule has 0 spiro atoms. The van der Waals surface area contributed by atoms with Gasteiger partial charge in [-0.1, -0.05) is 0 Å². The molecule has 1 aliphatic rings. The summed E-state index contributed by atoms with van der Waals surface area (Å²) in [5, 5.41) is 1.03. The summed E-state index contributed by atoms with van der Waals surface area (Å²) >= 11 is 1.69. The van der Waals surface area contributed by atoms with Crippen molar-refractivity contribution in [3.8, 4) is 11.5 Å². The van der Waals surface area contributed by atoms with Crippen LogP contribution in [-0.4, -0.2) is 56.2 Å². The summed E-state index contributed by atoms with van der Waals surface area (Å²) in [6.45, 7) is 4.99. The lowest BCUT2D eigenvalue weighted by Crippen LogP contribution is -2.48. The Bertz CT molecular complexity index is 701. The standard InChI is InChI=1S/C17H21N3O3S/c1-12-11-18-17(24-12)20-6-4-19(5-7-20)16(21)13-8-14(22-2)10-15(9-13)23-3/h8-11H,4-7H2,1-3H3. The van der Waals surface area contributed by atoms with Gasteiger partial charge in [-0.3, -0.25) is 4.79 Å². The Kier molecular flexibility index (Phi) is 4.89. The number of aryl methyl sites for hydroxylation is 1. The molecule has 6 nitrogen and oxygen atoms in total. The van der Waals surface area contributed by atoms with Crippen molar-refractivity contribution in [1.29, 1.82) is 0 Å². The van der Waals surface area contributed by atoms with Gasteiger partial charge in [-0.05, 0) is 19.1 Å². The van der Waals surface area contributed by atoms with E-state index in [2.05, 4.69) is 16.8 Å². The van der Waals surface area contributed by atoms with Crippen molar-refractivity contribution >= 4 is 22.4 Å². The zero-order valence-corrected chi connectivity index (χ0v) is 14.9. The van der Waals surface area contributed by atoms with E-state index in [1.807, 2.05) is 11.1 Å². The van der Waals surface area contributed by atoms with Crippen LogP contribution < -0.4 is 14.4 Å². The summed E-state index contributed by atoms with van der Waals surface area (Å²) in [6.07, 6.45) is 1.89. The molecule has 0 saturated carbocycles. The smallest absolute Gasteiger partial charge is 0.254 e. The highest BCUT2D eigenvalue weighted by Gasteiger charge is 2.24. The summed E-state index contributed by atoms with van der Waals surface area (Å²) in [4.78, 5) is 22.5. The lowest BCUT2D eigenvalue weighted by molar-refractivity contribution is 0.0746. The van der Waals surface area contributed by atoms with Crippen LogP contribution in [0.1, 0.15) is 15.2 Å². The van der Waals surface area contributed by atoms with Gasteiger partial charge >= 0.3 is 0 Å². The number of hydrogen-bond donors (Lipinski definition) is 0. The highest BCUT2D eigenvalue weighted by atomic mass is 32.1. The molecule has 24 heavy (non-hydrogen) atoms. The normalized spacial score (nSPS) is 14.6. The number of carbonyl (C=O) groups is 1. The maximum absolute atomic E-state index is 12.8. The summed E-state index contributed by atoms with van der Waals surface area (Å²) in [5.41, 5.74) is 0.588. The minimum absolute atomic E-state index is 0.00201. The fraction of sp³-hybridized carbons (Fsp3) is 0.412. The third kappa shape index (κ3) is 3.46. The van der Waals surface area contributed by atoms with Gasteiger partial charge in [-0.15, -0.1) is 11.3 Å². The first-order valence-corrected chi connectivity index (χ1v) is 8.62. The minimum atomic E-state index is 0.00201. The maximum atomic E-state index is 12.8. The van der Waals surface area contributed by atoms with Crippen LogP contribution in [-0.2, 0) is 0 Å². The monoisotopic (exact) mass is 347 g/mol. The highest BCUT2D eigenvalue weighted by molar-refractivity contribution is 7.15. The molecule has 2 heterocycles. The number of piperazine rings is 1. The second-order valence-corrected chi connectivity index (χ2v) is 6.85. The number of ether oxygens (including phenoxy) is 2. The Hall–Kier alpha value is -2.28. The average molecular weight is 347 g/mol. The number of benzene rings is 1. The molecule has 1 amide bonds. The summed E-state index contributed by atoms with van der Waals surface area (Å²) in [7, 11) is 3.16. The van der Waals surface area contributed by atoms with Gasteiger partial charge in [0.05, 0.1) is 14.2 Å². The molecule has 2 aromatic rings. The van der Waals surface area contributed by atoms with Crippen molar-refractivity contribution in [1.82, 2.24) is 9.88 Å². The highest BCUT2D eigenvalue weighted by Crippen LogP contribution is 2.25. The molecule has 0 bridgehead atoms. The number of aromatic nitrogens is 1. The summed E-state index contributed by atoms with van der Waals surface area (Å²) in [6, 6.07) is 5.27. The van der Waals surface area contributed by atoms with Crippen LogP contribution in [0.4, 0.5) is 5.13 Å². The first-order valence-electron chi connectivity index (χ1n) is 7.80. The molecule has 0 N–H and O–H groups in total. The zero-order chi connectivity index (χ0) is 17.1. The molecule has 1 aromatic heterocycles. The lowest BCUT2D eigenvalue weighted by atomic mass is 10.1. The molecule has 0 atom stereocenters. The number of methoxy groups -OCH3 is 2. The Labute approximate surface area is 145 Å². The maximum Gasteiger partial charge on any atom is 0.254 e. The van der Waals surface area contributed by atoms with Gasteiger partial charge in [-0.2, -0.15) is 0 Å². The molecule has 0 radical (unpaired) electrons. The Morgan fingerprint density at radius 2 is 1.71 bits per heavy atom. The molecular formula is C17H21N3O3S. The zero-order valence-electron chi connectivity index (χ0n) is 14.1. The molecule has 1 aliphatic heterocycles. The first-order chi connectivity index (χ1) is 11.6. The van der Waals surface area contributed by atoms with Gasteiger partial charge in [0.15, 0.2) is 5.13 Å². The average Bonchev–Trinajstić information content (AvgIpc) is 3.07. The largest absolute Gasteiger partial charge is 0.497 e. The fourth-order valence-electron chi connectivity index (χ4n) is 2.70. The van der Waals surface area contributed by atoms with E-state index in [0.29, 0.717) is 30.2 Å². The Morgan fingerprint density at radius 3 is 2.21 bits per heavy atom. The van der Waals surface area contributed by atoms with Gasteiger partial charge in [0.1, 0.15) is 11.5 Å². The number of anilines is 1. The quantitative estimate of drug-likeness (QED) is 0.850. The van der Waals surface area contributed by atoms with Crippen molar-refractivity contribution in [2.24, 2.45) is 0 Å². The van der Waals surface area contributed by atoms with Crippen molar-refractivity contribution in [3.05, 3.63) is 34.8 Å². The number of nitrogens with zero attached hydrogens (tertiary/aromatic N) is 3.